The summed E-state index contributed by atoms with van der Waals surface area (Å²) in [6.45, 7) is 4.49. The van der Waals surface area contributed by atoms with Gasteiger partial charge < -0.3 is 10.4 Å². The largest absolute Gasteiger partial charge is 0.395 e. The quantitative estimate of drug-likeness (QED) is 0.681. The monoisotopic (exact) mass is 183 g/mol. The maximum atomic E-state index is 11.5. The third-order valence-electron chi connectivity index (χ3n) is 2.49. The maximum Gasteiger partial charge on any atom is 0.247 e. The summed E-state index contributed by atoms with van der Waals surface area (Å²) in [5.41, 5.74) is 0.862. The highest BCUT2D eigenvalue weighted by Crippen LogP contribution is 2.37. The number of aliphatic hydroxyl groups is 1. The van der Waals surface area contributed by atoms with E-state index in [1.54, 1.807) is 0 Å². The molecule has 0 aromatic carbocycles. The lowest BCUT2D eigenvalue weighted by Crippen LogP contribution is -2.31. The van der Waals surface area contributed by atoms with Gasteiger partial charge in [0.2, 0.25) is 5.91 Å². The molecule has 0 bridgehead atoms. The molecule has 0 radical (unpaired) electrons. The zero-order valence-electron chi connectivity index (χ0n) is 8.26. The van der Waals surface area contributed by atoms with Crippen LogP contribution in [-0.4, -0.2) is 24.2 Å². The van der Waals surface area contributed by atoms with E-state index >= 15 is 0 Å². The van der Waals surface area contributed by atoms with E-state index in [4.69, 9.17) is 5.11 Å². The molecule has 0 unspecified atom stereocenters. The Morgan fingerprint density at radius 3 is 2.85 bits per heavy atom. The number of hydrogen-bond donors (Lipinski definition) is 2. The summed E-state index contributed by atoms with van der Waals surface area (Å²) in [7, 11) is 0. The molecule has 1 amide bonds. The molecule has 0 spiro atoms. The highest BCUT2D eigenvalue weighted by atomic mass is 16.3. The third kappa shape index (κ3) is 2.31. The Bertz CT molecular complexity index is 231. The van der Waals surface area contributed by atoms with Gasteiger partial charge in [0.1, 0.15) is 0 Å². The van der Waals surface area contributed by atoms with Gasteiger partial charge in [-0.05, 0) is 18.3 Å². The molecule has 0 aromatic rings. The van der Waals surface area contributed by atoms with Crippen molar-refractivity contribution in [2.75, 3.05) is 13.2 Å². The molecule has 0 aromatic heterocycles. The predicted molar refractivity (Wildman–Crippen MR) is 51.2 cm³/mol. The topological polar surface area (TPSA) is 49.3 Å². The smallest absolute Gasteiger partial charge is 0.247 e. The van der Waals surface area contributed by atoms with Crippen LogP contribution in [0.2, 0.25) is 0 Å². The Hall–Kier alpha value is -0.830. The van der Waals surface area contributed by atoms with Crippen molar-refractivity contribution in [2.24, 2.45) is 5.41 Å². The van der Waals surface area contributed by atoms with Gasteiger partial charge in [0.25, 0.3) is 0 Å². The number of amides is 1. The number of nitrogens with one attached hydrogen (secondary N) is 1. The van der Waals surface area contributed by atoms with E-state index < -0.39 is 0 Å². The van der Waals surface area contributed by atoms with Crippen LogP contribution >= 0.6 is 0 Å². The van der Waals surface area contributed by atoms with Crippen molar-refractivity contribution in [1.82, 2.24) is 5.32 Å². The van der Waals surface area contributed by atoms with Crippen LogP contribution in [0.25, 0.3) is 0 Å². The van der Waals surface area contributed by atoms with Crippen molar-refractivity contribution in [2.45, 2.75) is 26.7 Å². The van der Waals surface area contributed by atoms with Gasteiger partial charge in [-0.1, -0.05) is 19.9 Å². The van der Waals surface area contributed by atoms with Gasteiger partial charge in [0.15, 0.2) is 0 Å². The van der Waals surface area contributed by atoms with Crippen molar-refractivity contribution in [1.29, 1.82) is 0 Å². The van der Waals surface area contributed by atoms with Crippen LogP contribution < -0.4 is 5.32 Å². The molecule has 0 atom stereocenters. The molecule has 0 fully saturated rings. The Morgan fingerprint density at radius 1 is 1.69 bits per heavy atom. The number of carbonyl (C=O) groups excluding carboxylic acids is 1. The number of allylic oxidation sites excluding steroid dienone is 1. The third-order valence-corrected chi connectivity index (χ3v) is 2.49. The minimum absolute atomic E-state index is 0.000457. The van der Waals surface area contributed by atoms with Crippen molar-refractivity contribution < 1.29 is 9.90 Å². The van der Waals surface area contributed by atoms with Gasteiger partial charge in [-0.15, -0.1) is 0 Å². The van der Waals surface area contributed by atoms with Crippen molar-refractivity contribution in [3.05, 3.63) is 11.6 Å². The standard InChI is InChI=1S/C10H17NO2/c1-10(2)5-3-4-8(10)9(13)11-6-7-12/h4,12H,3,5-7H2,1-2H3,(H,11,13). The second kappa shape index (κ2) is 3.92. The van der Waals surface area contributed by atoms with E-state index in [0.29, 0.717) is 6.54 Å². The molecular formula is C10H17NO2. The van der Waals surface area contributed by atoms with E-state index in [2.05, 4.69) is 19.2 Å². The molecule has 1 aliphatic rings. The van der Waals surface area contributed by atoms with E-state index in [0.717, 1.165) is 18.4 Å². The second-order valence-corrected chi connectivity index (χ2v) is 4.02. The summed E-state index contributed by atoms with van der Waals surface area (Å²) in [4.78, 5) is 11.5. The SMILES string of the molecule is CC1(C)CCC=C1C(=O)NCCO. The van der Waals surface area contributed by atoms with Crippen LogP contribution in [0.5, 0.6) is 0 Å². The van der Waals surface area contributed by atoms with Gasteiger partial charge in [-0.3, -0.25) is 4.79 Å². The van der Waals surface area contributed by atoms with Crippen LogP contribution in [0.15, 0.2) is 11.6 Å². The van der Waals surface area contributed by atoms with Gasteiger partial charge in [-0.2, -0.15) is 0 Å². The fourth-order valence-corrected chi connectivity index (χ4v) is 1.65. The van der Waals surface area contributed by atoms with Crippen LogP contribution in [0, 0.1) is 5.41 Å². The predicted octanol–water partition coefficient (Wildman–Crippen LogP) is 0.841. The maximum absolute atomic E-state index is 11.5. The normalized spacial score (nSPS) is 19.8. The molecular weight excluding hydrogens is 166 g/mol. The zero-order chi connectivity index (χ0) is 9.90. The molecule has 3 nitrogen and oxygen atoms in total. The minimum Gasteiger partial charge on any atom is -0.395 e. The lowest BCUT2D eigenvalue weighted by Gasteiger charge is -2.21. The number of hydrogen-bond acceptors (Lipinski definition) is 2. The summed E-state index contributed by atoms with van der Waals surface area (Å²) in [6, 6.07) is 0. The molecule has 74 valence electrons. The minimum atomic E-state index is -0.0310. The zero-order valence-corrected chi connectivity index (χ0v) is 8.26. The Kier molecular flexibility index (Phi) is 3.09. The van der Waals surface area contributed by atoms with Gasteiger partial charge >= 0.3 is 0 Å². The Labute approximate surface area is 78.8 Å². The lowest BCUT2D eigenvalue weighted by molar-refractivity contribution is -0.118. The fourth-order valence-electron chi connectivity index (χ4n) is 1.65. The summed E-state index contributed by atoms with van der Waals surface area (Å²) in [6.07, 6.45) is 4.01. The average molecular weight is 183 g/mol. The molecule has 13 heavy (non-hydrogen) atoms. The Balaban J connectivity index is 2.56. The highest BCUT2D eigenvalue weighted by molar-refractivity contribution is 5.95. The molecule has 0 saturated carbocycles. The second-order valence-electron chi connectivity index (χ2n) is 4.02. The fraction of sp³-hybridized carbons (Fsp3) is 0.700. The van der Waals surface area contributed by atoms with E-state index in [9.17, 15) is 4.79 Å². The molecule has 3 heteroatoms. The van der Waals surface area contributed by atoms with Crippen LogP contribution in [0.3, 0.4) is 0 Å². The molecule has 0 heterocycles. The molecule has 0 saturated heterocycles. The number of carbonyl (C=O) groups is 1. The van der Waals surface area contributed by atoms with Crippen LogP contribution in [0.4, 0.5) is 0 Å². The first-order chi connectivity index (χ1) is 6.08. The lowest BCUT2D eigenvalue weighted by atomic mass is 9.85. The first-order valence-corrected chi connectivity index (χ1v) is 4.67. The molecule has 0 aliphatic heterocycles. The summed E-state index contributed by atoms with van der Waals surface area (Å²) in [5, 5.41) is 11.2. The summed E-state index contributed by atoms with van der Waals surface area (Å²) < 4.78 is 0. The van der Waals surface area contributed by atoms with Crippen molar-refractivity contribution >= 4 is 5.91 Å². The number of rotatable bonds is 3. The van der Waals surface area contributed by atoms with Gasteiger partial charge in [-0.25, -0.2) is 0 Å². The first kappa shape index (κ1) is 10.3. The van der Waals surface area contributed by atoms with Gasteiger partial charge in [0, 0.05) is 12.1 Å². The number of aliphatic hydroxyl groups excluding tert-OH is 1. The van der Waals surface area contributed by atoms with E-state index in [-0.39, 0.29) is 17.9 Å². The van der Waals surface area contributed by atoms with Crippen LogP contribution in [0.1, 0.15) is 26.7 Å². The summed E-state index contributed by atoms with van der Waals surface area (Å²) in [5.74, 6) is -0.0310. The van der Waals surface area contributed by atoms with Gasteiger partial charge in [0.05, 0.1) is 6.61 Å². The van der Waals surface area contributed by atoms with Crippen LogP contribution in [-0.2, 0) is 4.79 Å². The van der Waals surface area contributed by atoms with E-state index in [1.807, 2.05) is 6.08 Å². The molecule has 1 rings (SSSR count). The summed E-state index contributed by atoms with van der Waals surface area (Å²) >= 11 is 0. The highest BCUT2D eigenvalue weighted by Gasteiger charge is 2.31. The molecule has 2 N–H and O–H groups in total. The first-order valence-electron chi connectivity index (χ1n) is 4.67. The van der Waals surface area contributed by atoms with E-state index in [1.165, 1.54) is 0 Å². The Morgan fingerprint density at radius 2 is 2.38 bits per heavy atom. The average Bonchev–Trinajstić information content (AvgIpc) is 2.41. The van der Waals surface area contributed by atoms with Crippen molar-refractivity contribution in [3.8, 4) is 0 Å². The molecule has 1 aliphatic carbocycles. The van der Waals surface area contributed by atoms with Crippen molar-refractivity contribution in [3.63, 3.8) is 0 Å².